The van der Waals surface area contributed by atoms with Crippen molar-refractivity contribution in [2.45, 2.75) is 99.2 Å². The topological polar surface area (TPSA) is 315 Å². The Morgan fingerprint density at radius 3 is 2.00 bits per heavy atom. The highest BCUT2D eigenvalue weighted by Gasteiger charge is 2.57. The van der Waals surface area contributed by atoms with Crippen LogP contribution in [0, 0.1) is 5.92 Å². The molecule has 15 atom stereocenters. The van der Waals surface area contributed by atoms with E-state index in [0.29, 0.717) is 5.56 Å². The fourth-order valence-corrected chi connectivity index (χ4v) is 6.56. The van der Waals surface area contributed by atoms with E-state index >= 15 is 0 Å². The fraction of sp³-hybridized carbons (Fsp3) is 0.571. The standard InChI is InChI=1S/C35H46O19/c1-14-25(42)28(45)30(47)33(51-14)24-27(44)34(49-9-8-16-3-6-18(38)20(40)11-16)53-22(13-50-35-31(48)29(46)26(43)21(12-36)52-35)32(24)54-23(41)7-4-15-2-5-17(37)19(39)10-15/h2-7,10-11,14,21-22,24-40,42-48H,8-9,12-13H2,1H3/t14-,21+,22+,24+,25-,26+,27+,28+,29-,30+,31+,32+,33+,34+,35+/m0/s1. The summed E-state index contributed by atoms with van der Waals surface area (Å²) in [6.45, 7) is -0.190. The molecular weight excluding hydrogens is 724 g/mol. The van der Waals surface area contributed by atoms with Crippen molar-refractivity contribution in [2.24, 2.45) is 5.92 Å². The van der Waals surface area contributed by atoms with Crippen molar-refractivity contribution in [3.05, 3.63) is 53.6 Å². The molecule has 19 heteroatoms. The van der Waals surface area contributed by atoms with Crippen LogP contribution in [-0.2, 0) is 39.6 Å². The molecule has 0 spiro atoms. The quantitative estimate of drug-likeness (QED) is 0.0584. The summed E-state index contributed by atoms with van der Waals surface area (Å²) in [6, 6.07) is 7.79. The fourth-order valence-electron chi connectivity index (χ4n) is 6.56. The van der Waals surface area contributed by atoms with E-state index in [1.807, 2.05) is 0 Å². The molecule has 0 aromatic heterocycles. The maximum atomic E-state index is 13.3. The van der Waals surface area contributed by atoms with Crippen molar-refractivity contribution < 1.29 is 94.5 Å². The molecule has 0 radical (unpaired) electrons. The molecule has 2 aromatic rings. The van der Waals surface area contributed by atoms with Crippen molar-refractivity contribution in [3.63, 3.8) is 0 Å². The van der Waals surface area contributed by atoms with Crippen LogP contribution < -0.4 is 0 Å². The lowest BCUT2D eigenvalue weighted by Gasteiger charge is -2.50. The first-order valence-electron chi connectivity index (χ1n) is 17.1. The Balaban J connectivity index is 1.46. The van der Waals surface area contributed by atoms with Gasteiger partial charge >= 0.3 is 5.97 Å². The zero-order valence-corrected chi connectivity index (χ0v) is 28.8. The number of phenols is 4. The molecule has 12 N–H and O–H groups in total. The highest BCUT2D eigenvalue weighted by molar-refractivity contribution is 5.87. The number of hydrogen-bond acceptors (Lipinski definition) is 19. The third kappa shape index (κ3) is 9.23. The average molecular weight is 771 g/mol. The predicted molar refractivity (Wildman–Crippen MR) is 178 cm³/mol. The lowest BCUT2D eigenvalue weighted by Crippen LogP contribution is -2.67. The highest BCUT2D eigenvalue weighted by Crippen LogP contribution is 2.39. The van der Waals surface area contributed by atoms with Gasteiger partial charge in [0.05, 0.1) is 37.9 Å². The average Bonchev–Trinajstić information content (AvgIpc) is 3.14. The molecular formula is C35H46O19. The number of hydrogen-bond donors (Lipinski definition) is 12. The smallest absolute Gasteiger partial charge is 0.331 e. The lowest BCUT2D eigenvalue weighted by molar-refractivity contribution is -0.340. The number of benzene rings is 2. The van der Waals surface area contributed by atoms with Crippen LogP contribution in [0.1, 0.15) is 18.1 Å². The minimum absolute atomic E-state index is 0.123. The summed E-state index contributed by atoms with van der Waals surface area (Å²) in [5, 5.41) is 124. The Morgan fingerprint density at radius 1 is 0.704 bits per heavy atom. The van der Waals surface area contributed by atoms with Gasteiger partial charge in [0.25, 0.3) is 0 Å². The Morgan fingerprint density at radius 2 is 1.33 bits per heavy atom. The van der Waals surface area contributed by atoms with Crippen LogP contribution >= 0.6 is 0 Å². The van der Waals surface area contributed by atoms with Crippen molar-refractivity contribution in [3.8, 4) is 23.0 Å². The Hall–Kier alpha value is -3.67. The van der Waals surface area contributed by atoms with Crippen LogP contribution in [0.4, 0.5) is 0 Å². The molecule has 3 aliphatic rings. The van der Waals surface area contributed by atoms with E-state index in [2.05, 4.69) is 0 Å². The van der Waals surface area contributed by atoms with Gasteiger partial charge in [-0.2, -0.15) is 0 Å². The normalized spacial score (nSPS) is 37.3. The molecule has 0 amide bonds. The van der Waals surface area contributed by atoms with Gasteiger partial charge in [-0.3, -0.25) is 0 Å². The van der Waals surface area contributed by atoms with Gasteiger partial charge in [-0.05, 0) is 54.8 Å². The van der Waals surface area contributed by atoms with E-state index in [9.17, 15) is 66.1 Å². The number of aromatic hydroxyl groups is 4. The second-order valence-electron chi connectivity index (χ2n) is 13.3. The van der Waals surface area contributed by atoms with Crippen molar-refractivity contribution >= 4 is 12.0 Å². The Labute approximate surface area is 308 Å². The first kappa shape index (κ1) is 41.5. The molecule has 3 fully saturated rings. The van der Waals surface area contributed by atoms with E-state index in [1.165, 1.54) is 43.3 Å². The van der Waals surface area contributed by atoms with Gasteiger partial charge in [0.1, 0.15) is 61.0 Å². The van der Waals surface area contributed by atoms with Gasteiger partial charge in [-0.15, -0.1) is 0 Å². The van der Waals surface area contributed by atoms with E-state index in [-0.39, 0.29) is 30.1 Å². The zero-order chi connectivity index (χ0) is 39.4. The maximum absolute atomic E-state index is 13.3. The maximum Gasteiger partial charge on any atom is 0.331 e. The van der Waals surface area contributed by atoms with Crippen LogP contribution in [0.2, 0.25) is 0 Å². The Kier molecular flexibility index (Phi) is 13.7. The van der Waals surface area contributed by atoms with Crippen LogP contribution in [-0.4, -0.2) is 173 Å². The van der Waals surface area contributed by atoms with Crippen LogP contribution in [0.15, 0.2) is 42.5 Å². The molecule has 0 bridgehead atoms. The van der Waals surface area contributed by atoms with Gasteiger partial charge in [0, 0.05) is 6.08 Å². The number of aliphatic hydroxyl groups is 8. The van der Waals surface area contributed by atoms with Crippen molar-refractivity contribution in [1.29, 1.82) is 0 Å². The SMILES string of the molecule is C[C@@H]1O[C@H]([C@@H]2[C@@H](O)[C@H](OCCc3ccc(O)c(O)c3)O[C@H](CO[C@@H]3O[C@H](CO)[C@@H](O)[C@H](O)[C@H]3O)[C@H]2OC(=O)C=Cc2ccc(O)c(O)c2)[C@H](O)[C@H](O)[C@H]1O. The summed E-state index contributed by atoms with van der Waals surface area (Å²) in [5.74, 6) is -4.16. The zero-order valence-electron chi connectivity index (χ0n) is 28.8. The number of ether oxygens (including phenoxy) is 6. The highest BCUT2D eigenvalue weighted by atomic mass is 16.7. The largest absolute Gasteiger partial charge is 0.504 e. The third-order valence-electron chi connectivity index (χ3n) is 9.65. The van der Waals surface area contributed by atoms with E-state index in [1.54, 1.807) is 0 Å². The summed E-state index contributed by atoms with van der Waals surface area (Å²) >= 11 is 0. The molecule has 3 aliphatic heterocycles. The molecule has 54 heavy (non-hydrogen) atoms. The number of aliphatic hydroxyl groups excluding tert-OH is 8. The minimum Gasteiger partial charge on any atom is -0.504 e. The lowest BCUT2D eigenvalue weighted by atomic mass is 9.78. The van der Waals surface area contributed by atoms with Crippen molar-refractivity contribution in [2.75, 3.05) is 19.8 Å². The monoisotopic (exact) mass is 770 g/mol. The summed E-state index contributed by atoms with van der Waals surface area (Å²) in [6.07, 6.45) is -20.4. The number of carbonyl (C=O) groups is 1. The van der Waals surface area contributed by atoms with Gasteiger partial charge < -0.3 is 89.7 Å². The van der Waals surface area contributed by atoms with Gasteiger partial charge in [0.15, 0.2) is 35.6 Å². The van der Waals surface area contributed by atoms with Gasteiger partial charge in [-0.1, -0.05) is 12.1 Å². The first-order valence-corrected chi connectivity index (χ1v) is 17.1. The van der Waals surface area contributed by atoms with Crippen LogP contribution in [0.25, 0.3) is 6.08 Å². The number of carbonyl (C=O) groups excluding carboxylic acids is 1. The van der Waals surface area contributed by atoms with Gasteiger partial charge in [-0.25, -0.2) is 4.79 Å². The minimum atomic E-state index is -1.86. The van der Waals surface area contributed by atoms with E-state index < -0.39 is 122 Å². The summed E-state index contributed by atoms with van der Waals surface area (Å²) in [4.78, 5) is 13.3. The summed E-state index contributed by atoms with van der Waals surface area (Å²) < 4.78 is 34.8. The van der Waals surface area contributed by atoms with Crippen LogP contribution in [0.3, 0.4) is 0 Å². The molecule has 19 nitrogen and oxygen atoms in total. The third-order valence-corrected chi connectivity index (χ3v) is 9.65. The van der Waals surface area contributed by atoms with Gasteiger partial charge in [0.2, 0.25) is 0 Å². The number of phenolic OH excluding ortho intramolecular Hbond substituents is 4. The Bertz CT molecular complexity index is 1590. The second-order valence-corrected chi connectivity index (χ2v) is 13.3. The van der Waals surface area contributed by atoms with Crippen LogP contribution in [0.5, 0.6) is 23.0 Å². The molecule has 0 saturated carbocycles. The number of esters is 1. The molecule has 5 rings (SSSR count). The van der Waals surface area contributed by atoms with Crippen molar-refractivity contribution in [1.82, 2.24) is 0 Å². The van der Waals surface area contributed by atoms with E-state index in [4.69, 9.17) is 28.4 Å². The molecule has 3 heterocycles. The first-order chi connectivity index (χ1) is 25.6. The molecule has 0 unspecified atom stereocenters. The summed E-state index contributed by atoms with van der Waals surface area (Å²) in [7, 11) is 0. The number of rotatable bonds is 12. The predicted octanol–water partition coefficient (Wildman–Crippen LogP) is -2.92. The molecule has 3 saturated heterocycles. The molecule has 300 valence electrons. The molecule has 0 aliphatic carbocycles. The molecule has 2 aromatic carbocycles. The van der Waals surface area contributed by atoms with E-state index in [0.717, 1.165) is 12.1 Å². The summed E-state index contributed by atoms with van der Waals surface area (Å²) in [5.41, 5.74) is 0.792. The second kappa shape index (κ2) is 17.9.